The molecule has 1 aliphatic carbocycles. The molecule has 0 aromatic heterocycles. The molecule has 1 unspecified atom stereocenters. The summed E-state index contributed by atoms with van der Waals surface area (Å²) in [5, 5.41) is 2.88. The molecule has 0 aromatic rings. The molecule has 6 nitrogen and oxygen atoms in total. The van der Waals surface area contributed by atoms with Crippen LogP contribution in [0.15, 0.2) is 0 Å². The van der Waals surface area contributed by atoms with Crippen LogP contribution in [0.1, 0.15) is 51.9 Å². The normalized spacial score (nSPS) is 22.1. The van der Waals surface area contributed by atoms with E-state index < -0.39 is 0 Å². The van der Waals surface area contributed by atoms with Crippen molar-refractivity contribution in [2.45, 2.75) is 57.9 Å². The summed E-state index contributed by atoms with van der Waals surface area (Å²) in [6.07, 6.45) is 7.94. The average Bonchev–Trinajstić information content (AvgIpc) is 2.61. The number of piperidine rings is 1. The number of rotatable bonds is 7. The van der Waals surface area contributed by atoms with E-state index in [1.165, 1.54) is 19.3 Å². The first-order valence-electron chi connectivity index (χ1n) is 9.65. The van der Waals surface area contributed by atoms with Crippen molar-refractivity contribution in [1.29, 1.82) is 0 Å². The predicted molar refractivity (Wildman–Crippen MR) is 103 cm³/mol. The van der Waals surface area contributed by atoms with Crippen LogP contribution in [0.2, 0.25) is 0 Å². The van der Waals surface area contributed by atoms with Crippen LogP contribution in [0.3, 0.4) is 0 Å². The maximum absolute atomic E-state index is 12.8. The lowest BCUT2D eigenvalue weighted by Gasteiger charge is -2.37. The minimum Gasteiger partial charge on any atom is -0.355 e. The number of halogens is 1. The first-order valence-corrected chi connectivity index (χ1v) is 9.65. The minimum atomic E-state index is -0.0112. The molecule has 1 aliphatic heterocycles. The van der Waals surface area contributed by atoms with E-state index in [1.807, 2.05) is 0 Å². The van der Waals surface area contributed by atoms with Gasteiger partial charge in [0, 0.05) is 32.2 Å². The first kappa shape index (κ1) is 22.2. The third-order valence-corrected chi connectivity index (χ3v) is 5.36. The molecular formula is C18H35ClN4O2. The number of likely N-dealkylation sites (tertiary alicyclic amines) is 1. The van der Waals surface area contributed by atoms with Gasteiger partial charge in [-0.3, -0.25) is 14.5 Å². The minimum absolute atomic E-state index is 0. The lowest BCUT2D eigenvalue weighted by molar-refractivity contribution is -0.137. The standard InChI is InChI=1S/C18H34N4O2.ClH/c1-2-22(16-8-4-3-5-9-16)17(23)14-21-12-6-7-15(13-21)18(24)20-11-10-19;/h15-16H,2-14,19H2,1H3,(H,20,24);1H. The zero-order valence-electron chi connectivity index (χ0n) is 15.5. The smallest absolute Gasteiger partial charge is 0.236 e. The third-order valence-electron chi connectivity index (χ3n) is 5.36. The number of likely N-dealkylation sites (N-methyl/N-ethyl adjacent to an activating group) is 1. The number of hydrogen-bond donors (Lipinski definition) is 2. The second kappa shape index (κ2) is 11.7. The Kier molecular flexibility index (Phi) is 10.4. The van der Waals surface area contributed by atoms with Crippen LogP contribution < -0.4 is 11.1 Å². The molecule has 0 bridgehead atoms. The third kappa shape index (κ3) is 6.76. The number of hydrogen-bond acceptors (Lipinski definition) is 4. The van der Waals surface area contributed by atoms with E-state index in [2.05, 4.69) is 22.0 Å². The van der Waals surface area contributed by atoms with Crippen LogP contribution in [-0.4, -0.2) is 66.9 Å². The fourth-order valence-electron chi connectivity index (χ4n) is 4.07. The van der Waals surface area contributed by atoms with Crippen molar-refractivity contribution >= 4 is 24.2 Å². The Hall–Kier alpha value is -0.850. The molecule has 0 aromatic carbocycles. The molecule has 1 atom stereocenters. The Morgan fingerprint density at radius 2 is 1.88 bits per heavy atom. The summed E-state index contributed by atoms with van der Waals surface area (Å²) in [4.78, 5) is 29.1. The zero-order chi connectivity index (χ0) is 17.4. The summed E-state index contributed by atoms with van der Waals surface area (Å²) < 4.78 is 0. The Labute approximate surface area is 158 Å². The molecule has 2 fully saturated rings. The molecular weight excluding hydrogens is 340 g/mol. The molecule has 2 aliphatic rings. The molecule has 0 spiro atoms. The van der Waals surface area contributed by atoms with Crippen LogP contribution in [0.25, 0.3) is 0 Å². The number of nitrogens with one attached hydrogen (secondary N) is 1. The lowest BCUT2D eigenvalue weighted by Crippen LogP contribution is -2.50. The van der Waals surface area contributed by atoms with Gasteiger partial charge in [0.25, 0.3) is 0 Å². The van der Waals surface area contributed by atoms with Crippen LogP contribution in [0.4, 0.5) is 0 Å². The van der Waals surface area contributed by atoms with E-state index in [9.17, 15) is 9.59 Å². The topological polar surface area (TPSA) is 78.7 Å². The maximum Gasteiger partial charge on any atom is 0.236 e. The molecule has 0 radical (unpaired) electrons. The van der Waals surface area contributed by atoms with Crippen molar-refractivity contribution in [2.75, 3.05) is 39.3 Å². The zero-order valence-corrected chi connectivity index (χ0v) is 16.4. The van der Waals surface area contributed by atoms with Crippen molar-refractivity contribution in [1.82, 2.24) is 15.1 Å². The number of amides is 2. The lowest BCUT2D eigenvalue weighted by atomic mass is 9.94. The summed E-state index contributed by atoms with van der Waals surface area (Å²) >= 11 is 0. The van der Waals surface area contributed by atoms with E-state index in [1.54, 1.807) is 0 Å². The van der Waals surface area contributed by atoms with Gasteiger partial charge in [-0.15, -0.1) is 12.4 Å². The van der Waals surface area contributed by atoms with Gasteiger partial charge >= 0.3 is 0 Å². The highest BCUT2D eigenvalue weighted by Gasteiger charge is 2.29. The first-order chi connectivity index (χ1) is 11.7. The Balaban J connectivity index is 0.00000312. The Morgan fingerprint density at radius 1 is 1.16 bits per heavy atom. The number of carbonyl (C=O) groups excluding carboxylic acids is 2. The molecule has 1 saturated heterocycles. The molecule has 146 valence electrons. The van der Waals surface area contributed by atoms with Gasteiger partial charge in [-0.05, 0) is 39.2 Å². The van der Waals surface area contributed by atoms with Crippen molar-refractivity contribution in [3.05, 3.63) is 0 Å². The van der Waals surface area contributed by atoms with Crippen molar-refractivity contribution in [2.24, 2.45) is 11.7 Å². The molecule has 1 heterocycles. The quantitative estimate of drug-likeness (QED) is 0.705. The van der Waals surface area contributed by atoms with E-state index in [4.69, 9.17) is 5.73 Å². The van der Waals surface area contributed by atoms with E-state index >= 15 is 0 Å². The molecule has 1 saturated carbocycles. The number of nitrogens with two attached hydrogens (primary N) is 1. The molecule has 2 amide bonds. The van der Waals surface area contributed by atoms with E-state index in [0.717, 1.165) is 38.8 Å². The van der Waals surface area contributed by atoms with Crippen molar-refractivity contribution in [3.63, 3.8) is 0 Å². The van der Waals surface area contributed by atoms with Crippen LogP contribution in [0.5, 0.6) is 0 Å². The number of carbonyl (C=O) groups is 2. The fraction of sp³-hybridized carbons (Fsp3) is 0.889. The summed E-state index contributed by atoms with van der Waals surface area (Å²) in [5.74, 6) is 0.299. The van der Waals surface area contributed by atoms with E-state index in [0.29, 0.717) is 32.2 Å². The van der Waals surface area contributed by atoms with Gasteiger partial charge in [-0.25, -0.2) is 0 Å². The van der Waals surface area contributed by atoms with Crippen LogP contribution in [-0.2, 0) is 9.59 Å². The average molecular weight is 375 g/mol. The summed E-state index contributed by atoms with van der Waals surface area (Å²) in [6.45, 7) is 5.90. The van der Waals surface area contributed by atoms with Gasteiger partial charge in [0.1, 0.15) is 0 Å². The van der Waals surface area contributed by atoms with Gasteiger partial charge in [-0.1, -0.05) is 19.3 Å². The Morgan fingerprint density at radius 3 is 2.52 bits per heavy atom. The molecule has 2 rings (SSSR count). The van der Waals surface area contributed by atoms with Gasteiger partial charge in [0.2, 0.25) is 11.8 Å². The second-order valence-electron chi connectivity index (χ2n) is 7.13. The van der Waals surface area contributed by atoms with Gasteiger partial charge < -0.3 is 16.0 Å². The van der Waals surface area contributed by atoms with Gasteiger partial charge in [0.15, 0.2) is 0 Å². The highest BCUT2D eigenvalue weighted by molar-refractivity contribution is 5.85. The van der Waals surface area contributed by atoms with Crippen molar-refractivity contribution < 1.29 is 9.59 Å². The van der Waals surface area contributed by atoms with E-state index in [-0.39, 0.29) is 30.1 Å². The second-order valence-corrected chi connectivity index (χ2v) is 7.13. The molecule has 7 heteroatoms. The van der Waals surface area contributed by atoms with Crippen LogP contribution in [0, 0.1) is 5.92 Å². The summed E-state index contributed by atoms with van der Waals surface area (Å²) in [7, 11) is 0. The highest BCUT2D eigenvalue weighted by Crippen LogP contribution is 2.23. The largest absolute Gasteiger partial charge is 0.355 e. The monoisotopic (exact) mass is 374 g/mol. The van der Waals surface area contributed by atoms with Crippen molar-refractivity contribution in [3.8, 4) is 0 Å². The number of nitrogens with zero attached hydrogens (tertiary/aromatic N) is 2. The van der Waals surface area contributed by atoms with Gasteiger partial charge in [-0.2, -0.15) is 0 Å². The highest BCUT2D eigenvalue weighted by atomic mass is 35.5. The maximum atomic E-state index is 12.8. The summed E-state index contributed by atoms with van der Waals surface area (Å²) in [6, 6.07) is 0.421. The molecule has 3 N–H and O–H groups in total. The fourth-order valence-corrected chi connectivity index (χ4v) is 4.07. The van der Waals surface area contributed by atoms with Gasteiger partial charge in [0.05, 0.1) is 12.5 Å². The summed E-state index contributed by atoms with van der Waals surface area (Å²) in [5.41, 5.74) is 5.44. The Bertz CT molecular complexity index is 416. The van der Waals surface area contributed by atoms with Crippen LogP contribution >= 0.6 is 12.4 Å². The SMILES string of the molecule is CCN(C(=O)CN1CCCC(C(=O)NCCN)C1)C1CCCCC1.Cl. The molecule has 25 heavy (non-hydrogen) atoms. The predicted octanol–water partition coefficient (Wildman–Crippen LogP) is 1.38.